The molecule has 0 radical (unpaired) electrons. The topological polar surface area (TPSA) is 90.6 Å². The van der Waals surface area contributed by atoms with Crippen molar-refractivity contribution < 1.29 is 19.4 Å². The molecule has 1 aliphatic rings. The van der Waals surface area contributed by atoms with Crippen LogP contribution in [0.1, 0.15) is 24.0 Å². The minimum atomic E-state index is -0.946. The molecule has 1 fully saturated rings. The molecule has 1 heterocycles. The van der Waals surface area contributed by atoms with E-state index < -0.39 is 18.0 Å². The third-order valence-corrected chi connectivity index (χ3v) is 5.16. The van der Waals surface area contributed by atoms with Crippen molar-refractivity contribution in [1.29, 1.82) is 5.26 Å². The Kier molecular flexibility index (Phi) is 5.86. The number of hydrogen-bond donors (Lipinski definition) is 1. The van der Waals surface area contributed by atoms with E-state index in [1.165, 1.54) is 4.90 Å². The first kappa shape index (κ1) is 19.7. The number of carboxylic acid groups (broad SMARTS) is 1. The Labute approximate surface area is 167 Å². The number of halogens is 1. The standard InChI is InChI=1S/C21H19ClN2O4/c1-13(28-19-5-3-2-4-15(19)10-23)20(25)24-11-17(18(12-24)21(26)27)14-6-8-16(22)9-7-14/h2-9,13,17-18H,11-12H2,1H3,(H,26,27)/t13?,17-,18+/m0/s1. The van der Waals surface area contributed by atoms with Crippen LogP contribution in [0.4, 0.5) is 0 Å². The van der Waals surface area contributed by atoms with Crippen LogP contribution in [0.15, 0.2) is 48.5 Å². The van der Waals surface area contributed by atoms with Gasteiger partial charge in [0.15, 0.2) is 6.10 Å². The summed E-state index contributed by atoms with van der Waals surface area (Å²) in [5, 5.41) is 19.3. The number of carboxylic acids is 1. The Morgan fingerprint density at radius 1 is 1.21 bits per heavy atom. The van der Waals surface area contributed by atoms with Gasteiger partial charge in [-0.2, -0.15) is 5.26 Å². The fraction of sp³-hybridized carbons (Fsp3) is 0.286. The number of rotatable bonds is 5. The number of nitrogens with zero attached hydrogens (tertiary/aromatic N) is 2. The summed E-state index contributed by atoms with van der Waals surface area (Å²) in [6.07, 6.45) is -0.840. The maximum absolute atomic E-state index is 12.9. The van der Waals surface area contributed by atoms with Crippen molar-refractivity contribution in [2.45, 2.75) is 18.9 Å². The Morgan fingerprint density at radius 2 is 1.89 bits per heavy atom. The second kappa shape index (κ2) is 8.32. The zero-order chi connectivity index (χ0) is 20.3. The van der Waals surface area contributed by atoms with Gasteiger partial charge in [0.05, 0.1) is 11.5 Å². The van der Waals surface area contributed by atoms with Crippen LogP contribution in [0.2, 0.25) is 5.02 Å². The number of benzene rings is 2. The molecule has 0 spiro atoms. The van der Waals surface area contributed by atoms with Crippen LogP contribution in [0.3, 0.4) is 0 Å². The smallest absolute Gasteiger partial charge is 0.308 e. The molecule has 2 aromatic carbocycles. The zero-order valence-corrected chi connectivity index (χ0v) is 16.0. The molecule has 2 aromatic rings. The Balaban J connectivity index is 1.75. The first-order valence-electron chi connectivity index (χ1n) is 8.83. The van der Waals surface area contributed by atoms with Gasteiger partial charge in [-0.15, -0.1) is 0 Å². The minimum absolute atomic E-state index is 0.106. The van der Waals surface area contributed by atoms with Gasteiger partial charge >= 0.3 is 5.97 Å². The van der Waals surface area contributed by atoms with Gasteiger partial charge in [0.25, 0.3) is 5.91 Å². The number of para-hydroxylation sites is 1. The number of likely N-dealkylation sites (tertiary alicyclic amines) is 1. The van der Waals surface area contributed by atoms with Gasteiger partial charge in [-0.25, -0.2) is 0 Å². The van der Waals surface area contributed by atoms with Crippen LogP contribution in [0, 0.1) is 17.2 Å². The Morgan fingerprint density at radius 3 is 2.54 bits per heavy atom. The number of carbonyl (C=O) groups is 2. The van der Waals surface area contributed by atoms with E-state index in [4.69, 9.17) is 21.6 Å². The second-order valence-corrected chi connectivity index (χ2v) is 7.15. The van der Waals surface area contributed by atoms with Crippen LogP contribution < -0.4 is 4.74 Å². The summed E-state index contributed by atoms with van der Waals surface area (Å²) in [5.74, 6) is -1.95. The average Bonchev–Trinajstić information content (AvgIpc) is 3.14. The highest BCUT2D eigenvalue weighted by atomic mass is 35.5. The number of aliphatic carboxylic acids is 1. The molecule has 28 heavy (non-hydrogen) atoms. The van der Waals surface area contributed by atoms with Gasteiger partial charge in [0.2, 0.25) is 0 Å². The van der Waals surface area contributed by atoms with E-state index in [1.54, 1.807) is 55.5 Å². The Bertz CT molecular complexity index is 923. The van der Waals surface area contributed by atoms with Gasteiger partial charge in [-0.1, -0.05) is 35.9 Å². The molecule has 0 aromatic heterocycles. The molecule has 3 rings (SSSR count). The summed E-state index contributed by atoms with van der Waals surface area (Å²) in [6, 6.07) is 15.7. The summed E-state index contributed by atoms with van der Waals surface area (Å²) in [6.45, 7) is 1.99. The maximum Gasteiger partial charge on any atom is 0.308 e. The minimum Gasteiger partial charge on any atom is -0.481 e. The van der Waals surface area contributed by atoms with Gasteiger partial charge < -0.3 is 14.7 Å². The van der Waals surface area contributed by atoms with Crippen LogP contribution in [0.5, 0.6) is 5.75 Å². The van der Waals surface area contributed by atoms with Crippen molar-refractivity contribution in [1.82, 2.24) is 4.90 Å². The number of ether oxygens (including phenoxy) is 1. The SMILES string of the molecule is CC(Oc1ccccc1C#N)C(=O)N1C[C@@H](C(=O)O)[C@H](c2ccc(Cl)cc2)C1. The molecule has 1 aliphatic heterocycles. The lowest BCUT2D eigenvalue weighted by Crippen LogP contribution is -2.39. The van der Waals surface area contributed by atoms with Crippen LogP contribution in [-0.4, -0.2) is 41.1 Å². The van der Waals surface area contributed by atoms with Gasteiger partial charge in [-0.05, 0) is 36.8 Å². The van der Waals surface area contributed by atoms with Crippen LogP contribution in [0.25, 0.3) is 0 Å². The molecule has 1 N–H and O–H groups in total. The number of carbonyl (C=O) groups excluding carboxylic acids is 1. The van der Waals surface area contributed by atoms with Crippen molar-refractivity contribution in [2.24, 2.45) is 5.92 Å². The number of nitriles is 1. The maximum atomic E-state index is 12.9. The molecule has 6 nitrogen and oxygen atoms in total. The third-order valence-electron chi connectivity index (χ3n) is 4.91. The van der Waals surface area contributed by atoms with Crippen LogP contribution >= 0.6 is 11.6 Å². The summed E-state index contributed by atoms with van der Waals surface area (Å²) in [4.78, 5) is 26.1. The summed E-state index contributed by atoms with van der Waals surface area (Å²) >= 11 is 5.92. The average molecular weight is 399 g/mol. The monoisotopic (exact) mass is 398 g/mol. The third kappa shape index (κ3) is 4.10. The lowest BCUT2D eigenvalue weighted by Gasteiger charge is -2.22. The first-order chi connectivity index (χ1) is 13.4. The molecule has 1 amide bonds. The molecule has 7 heteroatoms. The highest BCUT2D eigenvalue weighted by Gasteiger charge is 2.41. The van der Waals surface area contributed by atoms with E-state index in [-0.39, 0.29) is 24.9 Å². The molecular formula is C21H19ClN2O4. The Hall–Kier alpha value is -3.04. The van der Waals surface area contributed by atoms with Gasteiger partial charge in [-0.3, -0.25) is 9.59 Å². The van der Waals surface area contributed by atoms with Crippen molar-refractivity contribution in [3.63, 3.8) is 0 Å². The molecule has 1 saturated heterocycles. The largest absolute Gasteiger partial charge is 0.481 e. The van der Waals surface area contributed by atoms with E-state index in [0.717, 1.165) is 5.56 Å². The lowest BCUT2D eigenvalue weighted by molar-refractivity contribution is -0.142. The number of hydrogen-bond acceptors (Lipinski definition) is 4. The second-order valence-electron chi connectivity index (χ2n) is 6.71. The fourth-order valence-corrected chi connectivity index (χ4v) is 3.57. The van der Waals surface area contributed by atoms with Crippen molar-refractivity contribution >= 4 is 23.5 Å². The van der Waals surface area contributed by atoms with E-state index >= 15 is 0 Å². The normalized spacial score (nSPS) is 19.7. The lowest BCUT2D eigenvalue weighted by atomic mass is 9.89. The molecule has 0 aliphatic carbocycles. The highest BCUT2D eigenvalue weighted by Crippen LogP contribution is 2.34. The van der Waals surface area contributed by atoms with Gasteiger partial charge in [0, 0.05) is 24.0 Å². The van der Waals surface area contributed by atoms with Crippen molar-refractivity contribution in [2.75, 3.05) is 13.1 Å². The molecule has 144 valence electrons. The number of amides is 1. The van der Waals surface area contributed by atoms with E-state index in [0.29, 0.717) is 16.3 Å². The fourth-order valence-electron chi connectivity index (χ4n) is 3.44. The molecular weight excluding hydrogens is 380 g/mol. The molecule has 0 saturated carbocycles. The summed E-state index contributed by atoms with van der Waals surface area (Å²) in [5.41, 5.74) is 1.17. The molecule has 1 unspecified atom stereocenters. The zero-order valence-electron chi connectivity index (χ0n) is 15.2. The highest BCUT2D eigenvalue weighted by molar-refractivity contribution is 6.30. The van der Waals surface area contributed by atoms with Crippen LogP contribution in [-0.2, 0) is 9.59 Å². The van der Waals surface area contributed by atoms with Crippen molar-refractivity contribution in [3.8, 4) is 11.8 Å². The predicted molar refractivity (Wildman–Crippen MR) is 103 cm³/mol. The first-order valence-corrected chi connectivity index (χ1v) is 9.21. The quantitative estimate of drug-likeness (QED) is 0.834. The summed E-state index contributed by atoms with van der Waals surface area (Å²) in [7, 11) is 0. The van der Waals surface area contributed by atoms with E-state index in [9.17, 15) is 14.7 Å². The molecule has 0 bridgehead atoms. The van der Waals surface area contributed by atoms with Crippen molar-refractivity contribution in [3.05, 3.63) is 64.7 Å². The molecule has 3 atom stereocenters. The van der Waals surface area contributed by atoms with E-state index in [1.807, 2.05) is 6.07 Å². The summed E-state index contributed by atoms with van der Waals surface area (Å²) < 4.78 is 5.68. The van der Waals surface area contributed by atoms with E-state index in [2.05, 4.69) is 0 Å². The van der Waals surface area contributed by atoms with Gasteiger partial charge in [0.1, 0.15) is 11.8 Å². The predicted octanol–water partition coefficient (Wildman–Crippen LogP) is 3.31.